The number of hydrogen-bond acceptors (Lipinski definition) is 8. The van der Waals surface area contributed by atoms with Crippen LogP contribution in [0.25, 0.3) is 16.6 Å². The van der Waals surface area contributed by atoms with Gasteiger partial charge in [0.15, 0.2) is 0 Å². The molecule has 5 aromatic rings. The highest BCUT2D eigenvalue weighted by atomic mass is 16.5. The Balaban J connectivity index is 1.51. The van der Waals surface area contributed by atoms with Gasteiger partial charge in [-0.1, -0.05) is 37.6 Å². The van der Waals surface area contributed by atoms with E-state index in [1.165, 1.54) is 16.7 Å². The van der Waals surface area contributed by atoms with Crippen LogP contribution < -0.4 is 20.3 Å². The van der Waals surface area contributed by atoms with Gasteiger partial charge in [-0.25, -0.2) is 14.8 Å². The molecule has 10 heteroatoms. The van der Waals surface area contributed by atoms with Gasteiger partial charge in [-0.3, -0.25) is 14.3 Å². The lowest BCUT2D eigenvalue weighted by atomic mass is 10.1. The van der Waals surface area contributed by atoms with Gasteiger partial charge in [0.2, 0.25) is 0 Å². The van der Waals surface area contributed by atoms with Crippen LogP contribution in [0.4, 0.5) is 5.82 Å². The lowest BCUT2D eigenvalue weighted by molar-refractivity contribution is 0.0697. The fraction of sp³-hybridized carbons (Fsp3) is 0.257. The fourth-order valence-electron chi connectivity index (χ4n) is 5.09. The Hall–Kier alpha value is -5.22. The predicted octanol–water partition coefficient (Wildman–Crippen LogP) is 5.91. The van der Waals surface area contributed by atoms with Gasteiger partial charge in [-0.15, -0.1) is 0 Å². The average molecular weight is 608 g/mol. The van der Waals surface area contributed by atoms with E-state index in [1.54, 1.807) is 38.6 Å². The number of rotatable bonds is 14. The zero-order valence-corrected chi connectivity index (χ0v) is 25.7. The Morgan fingerprint density at radius 1 is 0.844 bits per heavy atom. The minimum atomic E-state index is -1.02. The Morgan fingerprint density at radius 2 is 1.44 bits per heavy atom. The summed E-state index contributed by atoms with van der Waals surface area (Å²) in [6.07, 6.45) is 3.57. The number of hydrogen-bond donors (Lipinski definition) is 2. The number of benzene rings is 3. The third kappa shape index (κ3) is 7.66. The van der Waals surface area contributed by atoms with Crippen LogP contribution in [0.5, 0.6) is 11.5 Å². The lowest BCUT2D eigenvalue weighted by Crippen LogP contribution is -2.25. The second kappa shape index (κ2) is 14.5. The molecule has 0 bridgehead atoms. The average Bonchev–Trinajstić information content (AvgIpc) is 3.05. The number of aromatic nitrogens is 3. The number of anilines is 1. The maximum Gasteiger partial charge on any atom is 0.335 e. The van der Waals surface area contributed by atoms with Crippen LogP contribution in [-0.4, -0.2) is 51.3 Å². The molecule has 10 nitrogen and oxygen atoms in total. The molecule has 0 aliphatic rings. The van der Waals surface area contributed by atoms with E-state index in [-0.39, 0.29) is 11.1 Å². The first-order chi connectivity index (χ1) is 21.9. The molecule has 3 aromatic carbocycles. The second-order valence-electron chi connectivity index (χ2n) is 10.7. The molecule has 0 unspecified atom stereocenters. The van der Waals surface area contributed by atoms with Gasteiger partial charge in [-0.05, 0) is 72.1 Å². The topological polar surface area (TPSA) is 119 Å². The van der Waals surface area contributed by atoms with Crippen molar-refractivity contribution < 1.29 is 19.4 Å². The van der Waals surface area contributed by atoms with E-state index >= 15 is 0 Å². The summed E-state index contributed by atoms with van der Waals surface area (Å²) >= 11 is 0. The number of carbonyl (C=O) groups is 1. The van der Waals surface area contributed by atoms with Crippen LogP contribution in [0.2, 0.25) is 0 Å². The van der Waals surface area contributed by atoms with Gasteiger partial charge in [0, 0.05) is 31.5 Å². The number of nitrogens with one attached hydrogen (secondary N) is 1. The van der Waals surface area contributed by atoms with Gasteiger partial charge in [-0.2, -0.15) is 0 Å². The first-order valence-electron chi connectivity index (χ1n) is 14.9. The zero-order valence-electron chi connectivity index (χ0n) is 25.7. The van der Waals surface area contributed by atoms with Crippen LogP contribution in [0, 0.1) is 0 Å². The van der Waals surface area contributed by atoms with Gasteiger partial charge in [0.1, 0.15) is 28.5 Å². The molecule has 0 saturated heterocycles. The van der Waals surface area contributed by atoms with E-state index in [9.17, 15) is 14.7 Å². The predicted molar refractivity (Wildman–Crippen MR) is 174 cm³/mol. The fourth-order valence-corrected chi connectivity index (χ4v) is 5.09. The normalized spacial score (nSPS) is 11.1. The molecule has 0 atom stereocenters. The van der Waals surface area contributed by atoms with Crippen molar-refractivity contribution in [2.24, 2.45) is 0 Å². The first kappa shape index (κ1) is 31.2. The summed E-state index contributed by atoms with van der Waals surface area (Å²) in [5.74, 6) is 1.64. The summed E-state index contributed by atoms with van der Waals surface area (Å²) in [7, 11) is 3.30. The third-order valence-electron chi connectivity index (χ3n) is 7.51. The summed E-state index contributed by atoms with van der Waals surface area (Å²) in [6, 6.07) is 24.0. The van der Waals surface area contributed by atoms with E-state index in [0.717, 1.165) is 35.5 Å². The van der Waals surface area contributed by atoms with Gasteiger partial charge in [0.05, 0.1) is 31.8 Å². The molecule has 0 radical (unpaired) electrons. The Labute approximate surface area is 261 Å². The first-order valence-corrected chi connectivity index (χ1v) is 14.9. The zero-order chi connectivity index (χ0) is 31.8. The molecule has 0 spiro atoms. The maximum absolute atomic E-state index is 13.8. The Morgan fingerprint density at radius 3 is 1.98 bits per heavy atom. The number of unbranched alkanes of at least 4 members (excludes halogenated alkanes) is 1. The molecule has 0 aliphatic carbocycles. The van der Waals surface area contributed by atoms with Crippen molar-refractivity contribution >= 4 is 22.7 Å². The number of ether oxygens (including phenoxy) is 2. The number of carboxylic acids is 1. The summed E-state index contributed by atoms with van der Waals surface area (Å²) in [6.45, 7) is 4.49. The molecule has 2 aromatic heterocycles. The number of fused-ring (bicyclic) bond motifs is 1. The van der Waals surface area contributed by atoms with E-state index in [1.807, 2.05) is 48.5 Å². The quantitative estimate of drug-likeness (QED) is 0.149. The van der Waals surface area contributed by atoms with E-state index in [2.05, 4.69) is 17.1 Å². The Bertz CT molecular complexity index is 1750. The van der Waals surface area contributed by atoms with Crippen LogP contribution in [0.1, 0.15) is 47.1 Å². The number of nitrogens with zero attached hydrogens (tertiary/aromatic N) is 4. The van der Waals surface area contributed by atoms with E-state index in [4.69, 9.17) is 19.4 Å². The number of carboxylic acid groups (broad SMARTS) is 1. The van der Waals surface area contributed by atoms with E-state index in [0.29, 0.717) is 54.4 Å². The smallest absolute Gasteiger partial charge is 0.335 e. The molecule has 0 saturated carbocycles. The third-order valence-corrected chi connectivity index (χ3v) is 7.51. The monoisotopic (exact) mass is 607 g/mol. The molecular formula is C35H37N5O5. The van der Waals surface area contributed by atoms with Gasteiger partial charge < -0.3 is 19.9 Å². The summed E-state index contributed by atoms with van der Waals surface area (Å²) in [5, 5.41) is 13.0. The molecule has 45 heavy (non-hydrogen) atoms. The van der Waals surface area contributed by atoms with Crippen molar-refractivity contribution in [3.8, 4) is 17.2 Å². The van der Waals surface area contributed by atoms with Crippen molar-refractivity contribution in [3.63, 3.8) is 0 Å². The van der Waals surface area contributed by atoms with Crippen molar-refractivity contribution in [3.05, 3.63) is 118 Å². The molecule has 0 aliphatic heterocycles. The highest BCUT2D eigenvalue weighted by Crippen LogP contribution is 2.22. The molecule has 2 N–H and O–H groups in total. The van der Waals surface area contributed by atoms with Crippen LogP contribution in [0.15, 0.2) is 89.9 Å². The maximum atomic E-state index is 13.8. The van der Waals surface area contributed by atoms with Crippen LogP contribution >= 0.6 is 0 Å². The van der Waals surface area contributed by atoms with Crippen LogP contribution in [-0.2, 0) is 19.6 Å². The van der Waals surface area contributed by atoms with Crippen molar-refractivity contribution in [1.82, 2.24) is 19.4 Å². The summed E-state index contributed by atoms with van der Waals surface area (Å²) in [5.41, 5.74) is 3.19. The minimum Gasteiger partial charge on any atom is -0.497 e. The second-order valence-corrected chi connectivity index (χ2v) is 10.7. The number of pyridine rings is 1. The number of aromatic carboxylic acids is 1. The highest BCUT2D eigenvalue weighted by molar-refractivity contribution is 5.89. The highest BCUT2D eigenvalue weighted by Gasteiger charge is 2.17. The minimum absolute atomic E-state index is 0.149. The molecule has 0 amide bonds. The summed E-state index contributed by atoms with van der Waals surface area (Å²) < 4.78 is 12.2. The summed E-state index contributed by atoms with van der Waals surface area (Å²) in [4.78, 5) is 37.1. The largest absolute Gasteiger partial charge is 0.497 e. The molecule has 2 heterocycles. The number of methoxy groups -OCH3 is 2. The molecule has 0 fully saturated rings. The standard InChI is InChI=1S/C35H37N5O5/c1-4-5-19-36-33-32-30(18-20-40(34(32)41)27-12-10-26(11-13-27)35(42)43)37-31(38-33)23-39(21-24-6-14-28(44-2)15-7-24)22-25-8-16-29(45-3)17-9-25/h6-18,20H,4-5,19,21-23H2,1-3H3,(H,42,43)(H,36,37,38). The Kier molecular flexibility index (Phi) is 10.1. The lowest BCUT2D eigenvalue weighted by Gasteiger charge is -2.23. The van der Waals surface area contributed by atoms with Crippen LogP contribution in [0.3, 0.4) is 0 Å². The SMILES string of the molecule is CCCCNc1nc(CN(Cc2ccc(OC)cc2)Cc2ccc(OC)cc2)nc2ccn(-c3ccc(C(=O)O)cc3)c(=O)c12. The van der Waals surface area contributed by atoms with Crippen molar-refractivity contribution in [1.29, 1.82) is 0 Å². The van der Waals surface area contributed by atoms with Crippen molar-refractivity contribution in [2.75, 3.05) is 26.1 Å². The van der Waals surface area contributed by atoms with Crippen molar-refractivity contribution in [2.45, 2.75) is 39.4 Å². The molecule has 232 valence electrons. The van der Waals surface area contributed by atoms with E-state index < -0.39 is 5.97 Å². The molecular weight excluding hydrogens is 570 g/mol. The van der Waals surface area contributed by atoms with Gasteiger partial charge >= 0.3 is 5.97 Å². The molecule has 5 rings (SSSR count). The van der Waals surface area contributed by atoms with Gasteiger partial charge in [0.25, 0.3) is 5.56 Å².